The topological polar surface area (TPSA) is 26.3 Å². The van der Waals surface area contributed by atoms with Crippen LogP contribution in [0.15, 0.2) is 36.4 Å². The number of benzene rings is 2. The van der Waals surface area contributed by atoms with Crippen LogP contribution in [-0.2, 0) is 12.8 Å². The van der Waals surface area contributed by atoms with Crippen molar-refractivity contribution in [1.29, 1.82) is 0 Å². The highest BCUT2D eigenvalue weighted by Crippen LogP contribution is 2.26. The number of ketones is 1. The first-order valence-corrected chi connectivity index (χ1v) is 7.62. The number of fused-ring (bicyclic) bond motifs is 1. The molecular weight excluding hydrogens is 307 g/mol. The van der Waals surface area contributed by atoms with E-state index in [9.17, 15) is 4.79 Å². The Morgan fingerprint density at radius 3 is 2.62 bits per heavy atom. The minimum absolute atomic E-state index is 0.00323. The van der Waals surface area contributed by atoms with E-state index in [2.05, 4.69) is 6.07 Å². The van der Waals surface area contributed by atoms with Crippen molar-refractivity contribution in [2.45, 2.75) is 19.3 Å². The van der Waals surface area contributed by atoms with E-state index in [0.29, 0.717) is 15.6 Å². The van der Waals surface area contributed by atoms with Crippen LogP contribution in [0.4, 0.5) is 0 Å². The normalized spacial score (nSPS) is 13.0. The van der Waals surface area contributed by atoms with Crippen LogP contribution >= 0.6 is 23.2 Å². The molecule has 21 heavy (non-hydrogen) atoms. The number of halogens is 2. The van der Waals surface area contributed by atoms with Crippen molar-refractivity contribution in [3.8, 4) is 5.75 Å². The van der Waals surface area contributed by atoms with Crippen LogP contribution < -0.4 is 4.74 Å². The summed E-state index contributed by atoms with van der Waals surface area (Å²) in [5, 5.41) is 0.813. The van der Waals surface area contributed by atoms with E-state index in [1.807, 2.05) is 12.1 Å². The van der Waals surface area contributed by atoms with Crippen molar-refractivity contribution in [2.75, 3.05) is 6.61 Å². The molecule has 0 unspecified atom stereocenters. The van der Waals surface area contributed by atoms with Gasteiger partial charge in [0.15, 0.2) is 12.4 Å². The minimum Gasteiger partial charge on any atom is -0.485 e. The maximum absolute atomic E-state index is 12.1. The van der Waals surface area contributed by atoms with E-state index in [1.54, 1.807) is 18.2 Å². The first kappa shape index (κ1) is 14.4. The van der Waals surface area contributed by atoms with Gasteiger partial charge in [0.2, 0.25) is 0 Å². The van der Waals surface area contributed by atoms with Crippen molar-refractivity contribution in [3.63, 3.8) is 0 Å². The number of Topliss-reactive ketones (excluding diaryl/α,β-unsaturated/α-hetero) is 1. The summed E-state index contributed by atoms with van der Waals surface area (Å²) in [5.74, 6) is 0.623. The van der Waals surface area contributed by atoms with Gasteiger partial charge in [-0.2, -0.15) is 0 Å². The molecule has 108 valence electrons. The summed E-state index contributed by atoms with van der Waals surface area (Å²) in [7, 11) is 0. The summed E-state index contributed by atoms with van der Waals surface area (Å²) in [5.41, 5.74) is 3.22. The van der Waals surface area contributed by atoms with Gasteiger partial charge in [0.25, 0.3) is 0 Å². The molecule has 0 bridgehead atoms. The molecule has 3 rings (SSSR count). The Morgan fingerprint density at radius 2 is 1.81 bits per heavy atom. The third-order valence-electron chi connectivity index (χ3n) is 3.68. The van der Waals surface area contributed by atoms with E-state index >= 15 is 0 Å². The highest BCUT2D eigenvalue weighted by atomic mass is 35.5. The van der Waals surface area contributed by atoms with E-state index in [4.69, 9.17) is 27.9 Å². The maximum Gasteiger partial charge on any atom is 0.200 e. The lowest BCUT2D eigenvalue weighted by Crippen LogP contribution is -2.11. The molecule has 0 amide bonds. The van der Waals surface area contributed by atoms with Crippen molar-refractivity contribution in [1.82, 2.24) is 0 Å². The number of rotatable bonds is 4. The van der Waals surface area contributed by atoms with Gasteiger partial charge in [0.1, 0.15) is 5.75 Å². The Hall–Kier alpha value is -1.51. The van der Waals surface area contributed by atoms with Gasteiger partial charge < -0.3 is 4.74 Å². The first-order valence-electron chi connectivity index (χ1n) is 6.86. The molecule has 0 aromatic heterocycles. The summed E-state index contributed by atoms with van der Waals surface area (Å²) in [6, 6.07) is 10.9. The quantitative estimate of drug-likeness (QED) is 0.760. The first-order chi connectivity index (χ1) is 10.1. The molecule has 0 atom stereocenters. The molecule has 2 aromatic rings. The van der Waals surface area contributed by atoms with Crippen molar-refractivity contribution < 1.29 is 9.53 Å². The Kier molecular flexibility index (Phi) is 4.18. The minimum atomic E-state index is -0.117. The lowest BCUT2D eigenvalue weighted by molar-refractivity contribution is 0.0921. The van der Waals surface area contributed by atoms with E-state index in [-0.39, 0.29) is 12.4 Å². The molecule has 2 aromatic carbocycles. The van der Waals surface area contributed by atoms with Crippen LogP contribution in [0.5, 0.6) is 5.75 Å². The number of ether oxygens (including phenoxy) is 1. The molecule has 1 aliphatic rings. The summed E-state index contributed by atoms with van der Waals surface area (Å²) < 4.78 is 5.59. The average Bonchev–Trinajstić information content (AvgIpc) is 2.95. The number of hydrogen-bond acceptors (Lipinski definition) is 2. The highest BCUT2D eigenvalue weighted by Gasteiger charge is 2.13. The van der Waals surface area contributed by atoms with Gasteiger partial charge >= 0.3 is 0 Å². The molecule has 0 radical (unpaired) electrons. The zero-order valence-corrected chi connectivity index (χ0v) is 12.9. The van der Waals surface area contributed by atoms with Crippen LogP contribution in [0.25, 0.3) is 0 Å². The second kappa shape index (κ2) is 6.08. The van der Waals surface area contributed by atoms with Gasteiger partial charge in [-0.3, -0.25) is 4.79 Å². The molecule has 0 aliphatic heterocycles. The third-order valence-corrected chi connectivity index (χ3v) is 4.42. The summed E-state index contributed by atoms with van der Waals surface area (Å²) in [4.78, 5) is 12.1. The highest BCUT2D eigenvalue weighted by molar-refractivity contribution is 6.42. The van der Waals surface area contributed by atoms with Crippen molar-refractivity contribution in [2.24, 2.45) is 0 Å². The molecular formula is C17H14Cl2O2. The van der Waals surface area contributed by atoms with Gasteiger partial charge in [0.05, 0.1) is 10.0 Å². The Bertz CT molecular complexity index is 695. The number of carbonyl (C=O) groups excluding carboxylic acids is 1. The van der Waals surface area contributed by atoms with Gasteiger partial charge in [-0.05, 0) is 60.7 Å². The summed E-state index contributed by atoms with van der Waals surface area (Å²) in [6.07, 6.45) is 3.42. The van der Waals surface area contributed by atoms with E-state index in [0.717, 1.165) is 18.6 Å². The second-order valence-corrected chi connectivity index (χ2v) is 5.94. The molecule has 0 spiro atoms. The van der Waals surface area contributed by atoms with Crippen LogP contribution in [0.2, 0.25) is 10.0 Å². The van der Waals surface area contributed by atoms with Gasteiger partial charge in [-0.1, -0.05) is 29.3 Å². The Balaban J connectivity index is 1.67. The molecule has 2 nitrogen and oxygen atoms in total. The Labute approximate surface area is 133 Å². The SMILES string of the molecule is O=C(COc1ccc2c(c1)CCC2)c1ccc(Cl)c(Cl)c1. The molecule has 0 N–H and O–H groups in total. The molecule has 0 saturated carbocycles. The fourth-order valence-corrected chi connectivity index (χ4v) is 2.84. The van der Waals surface area contributed by atoms with Crippen molar-refractivity contribution in [3.05, 3.63) is 63.1 Å². The molecule has 0 fully saturated rings. The molecule has 0 heterocycles. The number of aryl methyl sites for hydroxylation is 2. The zero-order chi connectivity index (χ0) is 14.8. The van der Waals surface area contributed by atoms with Crippen molar-refractivity contribution >= 4 is 29.0 Å². The smallest absolute Gasteiger partial charge is 0.200 e. The third kappa shape index (κ3) is 3.22. The largest absolute Gasteiger partial charge is 0.485 e. The molecule has 4 heteroatoms. The van der Waals surface area contributed by atoms with Gasteiger partial charge in [0, 0.05) is 5.56 Å². The van der Waals surface area contributed by atoms with Crippen LogP contribution in [0.1, 0.15) is 27.9 Å². The van der Waals surface area contributed by atoms with Crippen LogP contribution in [0.3, 0.4) is 0 Å². The number of hydrogen-bond donors (Lipinski definition) is 0. The molecule has 1 aliphatic carbocycles. The predicted molar refractivity (Wildman–Crippen MR) is 84.8 cm³/mol. The van der Waals surface area contributed by atoms with Gasteiger partial charge in [-0.25, -0.2) is 0 Å². The van der Waals surface area contributed by atoms with Gasteiger partial charge in [-0.15, -0.1) is 0 Å². The predicted octanol–water partition coefficient (Wildman–Crippen LogP) is 4.74. The Morgan fingerprint density at radius 1 is 1.00 bits per heavy atom. The second-order valence-electron chi connectivity index (χ2n) is 5.12. The fourth-order valence-electron chi connectivity index (χ4n) is 2.54. The van der Waals surface area contributed by atoms with E-state index < -0.39 is 0 Å². The lowest BCUT2D eigenvalue weighted by atomic mass is 10.1. The molecule has 0 saturated heterocycles. The summed E-state index contributed by atoms with van der Waals surface area (Å²) >= 11 is 11.8. The van der Waals surface area contributed by atoms with E-state index in [1.165, 1.54) is 17.5 Å². The zero-order valence-electron chi connectivity index (χ0n) is 11.4. The standard InChI is InChI=1S/C17H14Cl2O2/c18-15-7-5-13(9-16(15)19)17(20)10-21-14-6-4-11-2-1-3-12(11)8-14/h4-9H,1-3,10H2. The lowest BCUT2D eigenvalue weighted by Gasteiger charge is -2.08. The summed E-state index contributed by atoms with van der Waals surface area (Å²) in [6.45, 7) is -0.00323. The number of carbonyl (C=O) groups is 1. The average molecular weight is 321 g/mol. The van der Waals surface area contributed by atoms with Crippen LogP contribution in [-0.4, -0.2) is 12.4 Å². The fraction of sp³-hybridized carbons (Fsp3) is 0.235. The monoisotopic (exact) mass is 320 g/mol. The van der Waals surface area contributed by atoms with Crippen LogP contribution in [0, 0.1) is 0 Å². The maximum atomic E-state index is 12.1.